The average Bonchev–Trinajstić information content (AvgIpc) is 3.30. The van der Waals surface area contributed by atoms with Gasteiger partial charge in [-0.1, -0.05) is 66.2 Å². The monoisotopic (exact) mass is 456 g/mol. The van der Waals surface area contributed by atoms with E-state index in [1.54, 1.807) is 4.68 Å². The first kappa shape index (κ1) is 21.3. The Morgan fingerprint density at radius 1 is 0.848 bits per heavy atom. The van der Waals surface area contributed by atoms with Crippen molar-refractivity contribution in [1.29, 1.82) is 0 Å². The van der Waals surface area contributed by atoms with Gasteiger partial charge in [-0.2, -0.15) is 5.10 Å². The molecule has 0 N–H and O–H groups in total. The lowest BCUT2D eigenvalue weighted by molar-refractivity contribution is 0.0737. The fourth-order valence-corrected chi connectivity index (χ4v) is 4.56. The standard InChI is InChI=1S/C27H25ClN4O/c1-20-9-5-8-14-25(20)30-15-17-31(18-16-30)27(33)26-19-24(22-12-6-7-13-23(22)28)29-32(26)21-10-3-2-4-11-21/h2-14,19H,15-18H2,1H3. The van der Waals surface area contributed by atoms with Gasteiger partial charge >= 0.3 is 0 Å². The first-order valence-corrected chi connectivity index (χ1v) is 11.5. The Morgan fingerprint density at radius 2 is 1.52 bits per heavy atom. The van der Waals surface area contributed by atoms with Crippen LogP contribution in [0.3, 0.4) is 0 Å². The smallest absolute Gasteiger partial charge is 0.272 e. The molecule has 5 rings (SSSR count). The Kier molecular flexibility index (Phi) is 5.88. The number of rotatable bonds is 4. The number of nitrogens with zero attached hydrogens (tertiary/aromatic N) is 4. The summed E-state index contributed by atoms with van der Waals surface area (Å²) in [5.74, 6) is -0.0194. The van der Waals surface area contributed by atoms with Crippen LogP contribution in [0, 0.1) is 6.92 Å². The van der Waals surface area contributed by atoms with E-state index in [1.807, 2.05) is 65.6 Å². The number of hydrogen-bond donors (Lipinski definition) is 0. The number of para-hydroxylation sites is 2. The second-order valence-corrected chi connectivity index (χ2v) is 8.61. The van der Waals surface area contributed by atoms with Gasteiger partial charge in [-0.25, -0.2) is 4.68 Å². The van der Waals surface area contributed by atoms with E-state index in [-0.39, 0.29) is 5.91 Å². The fourth-order valence-electron chi connectivity index (χ4n) is 4.33. The van der Waals surface area contributed by atoms with Gasteiger partial charge in [0.2, 0.25) is 0 Å². The SMILES string of the molecule is Cc1ccccc1N1CCN(C(=O)c2cc(-c3ccccc3Cl)nn2-c2ccccc2)CC1. The van der Waals surface area contributed by atoms with Crippen LogP contribution in [0.15, 0.2) is 84.9 Å². The molecular weight excluding hydrogens is 432 g/mol. The van der Waals surface area contributed by atoms with E-state index in [0.29, 0.717) is 29.5 Å². The molecule has 0 radical (unpaired) electrons. The van der Waals surface area contributed by atoms with Crippen LogP contribution in [0.25, 0.3) is 16.9 Å². The van der Waals surface area contributed by atoms with E-state index in [1.165, 1.54) is 11.3 Å². The number of carbonyl (C=O) groups excluding carboxylic acids is 1. The Morgan fingerprint density at radius 3 is 2.24 bits per heavy atom. The third kappa shape index (κ3) is 4.24. The second kappa shape index (κ2) is 9.12. The number of piperazine rings is 1. The van der Waals surface area contributed by atoms with E-state index < -0.39 is 0 Å². The first-order valence-electron chi connectivity index (χ1n) is 11.1. The Labute approximate surface area is 198 Å². The Balaban J connectivity index is 1.44. The van der Waals surface area contributed by atoms with E-state index in [2.05, 4.69) is 36.1 Å². The Bertz CT molecular complexity index is 1280. The first-order chi connectivity index (χ1) is 16.1. The average molecular weight is 457 g/mol. The summed E-state index contributed by atoms with van der Waals surface area (Å²) in [4.78, 5) is 17.9. The summed E-state index contributed by atoms with van der Waals surface area (Å²) in [5, 5.41) is 5.39. The van der Waals surface area contributed by atoms with Gasteiger partial charge in [-0.05, 0) is 42.8 Å². The van der Waals surface area contributed by atoms with E-state index in [4.69, 9.17) is 16.7 Å². The van der Waals surface area contributed by atoms with Gasteiger partial charge in [0.25, 0.3) is 5.91 Å². The number of halogens is 1. The molecule has 33 heavy (non-hydrogen) atoms. The van der Waals surface area contributed by atoms with Crippen LogP contribution in [0.5, 0.6) is 0 Å². The zero-order valence-electron chi connectivity index (χ0n) is 18.5. The molecule has 3 aromatic carbocycles. The lowest BCUT2D eigenvalue weighted by Crippen LogP contribution is -2.49. The second-order valence-electron chi connectivity index (χ2n) is 8.21. The normalized spacial score (nSPS) is 13.9. The van der Waals surface area contributed by atoms with Gasteiger partial charge in [0.05, 0.1) is 16.4 Å². The molecule has 1 aliphatic rings. The van der Waals surface area contributed by atoms with Gasteiger partial charge in [0.15, 0.2) is 0 Å². The van der Waals surface area contributed by atoms with Crippen molar-refractivity contribution in [2.75, 3.05) is 31.1 Å². The number of aromatic nitrogens is 2. The molecule has 166 valence electrons. The molecule has 1 fully saturated rings. The van der Waals surface area contributed by atoms with Crippen LogP contribution in [-0.4, -0.2) is 46.8 Å². The fraction of sp³-hybridized carbons (Fsp3) is 0.185. The van der Waals surface area contributed by atoms with E-state index >= 15 is 0 Å². The van der Waals surface area contributed by atoms with Gasteiger partial charge < -0.3 is 9.80 Å². The minimum atomic E-state index is -0.0194. The van der Waals surface area contributed by atoms with Crippen molar-refractivity contribution in [2.45, 2.75) is 6.92 Å². The summed E-state index contributed by atoms with van der Waals surface area (Å²) < 4.78 is 1.73. The highest BCUT2D eigenvalue weighted by Gasteiger charge is 2.27. The molecule has 2 heterocycles. The van der Waals surface area contributed by atoms with Crippen LogP contribution in [0.1, 0.15) is 16.1 Å². The van der Waals surface area contributed by atoms with Crippen molar-refractivity contribution in [3.8, 4) is 16.9 Å². The van der Waals surface area contributed by atoms with Gasteiger partial charge in [0, 0.05) is 37.4 Å². The number of hydrogen-bond acceptors (Lipinski definition) is 3. The van der Waals surface area contributed by atoms with Gasteiger partial charge in [-0.15, -0.1) is 0 Å². The Hall–Kier alpha value is -3.57. The molecule has 6 heteroatoms. The van der Waals surface area contributed by atoms with Crippen LogP contribution >= 0.6 is 11.6 Å². The highest BCUT2D eigenvalue weighted by atomic mass is 35.5. The number of carbonyl (C=O) groups is 1. The molecule has 0 unspecified atom stereocenters. The summed E-state index contributed by atoms with van der Waals surface area (Å²) in [6.07, 6.45) is 0. The highest BCUT2D eigenvalue weighted by molar-refractivity contribution is 6.33. The molecule has 0 aliphatic carbocycles. The molecule has 4 aromatic rings. The third-order valence-electron chi connectivity index (χ3n) is 6.10. The summed E-state index contributed by atoms with van der Waals surface area (Å²) >= 11 is 6.43. The number of aryl methyl sites for hydroxylation is 1. The molecule has 0 bridgehead atoms. The van der Waals surface area contributed by atoms with Crippen LogP contribution in [-0.2, 0) is 0 Å². The quantitative estimate of drug-likeness (QED) is 0.409. The zero-order chi connectivity index (χ0) is 22.8. The third-order valence-corrected chi connectivity index (χ3v) is 6.43. The maximum Gasteiger partial charge on any atom is 0.272 e. The maximum absolute atomic E-state index is 13.6. The van der Waals surface area contributed by atoms with Gasteiger partial charge in [-0.3, -0.25) is 4.79 Å². The molecule has 5 nitrogen and oxygen atoms in total. The summed E-state index contributed by atoms with van der Waals surface area (Å²) in [6, 6.07) is 27.6. The van der Waals surface area contributed by atoms with Crippen LogP contribution in [0.4, 0.5) is 5.69 Å². The number of amides is 1. The predicted molar refractivity (Wildman–Crippen MR) is 133 cm³/mol. The zero-order valence-corrected chi connectivity index (χ0v) is 19.2. The molecule has 0 saturated carbocycles. The number of anilines is 1. The molecule has 1 amide bonds. The molecule has 1 aliphatic heterocycles. The van der Waals surface area contributed by atoms with Crippen molar-refractivity contribution in [2.24, 2.45) is 0 Å². The molecule has 0 atom stereocenters. The largest absolute Gasteiger partial charge is 0.368 e. The van der Waals surface area contributed by atoms with E-state index in [9.17, 15) is 4.79 Å². The lowest BCUT2D eigenvalue weighted by Gasteiger charge is -2.36. The van der Waals surface area contributed by atoms with E-state index in [0.717, 1.165) is 24.3 Å². The van der Waals surface area contributed by atoms with Crippen LogP contribution in [0.2, 0.25) is 5.02 Å². The van der Waals surface area contributed by atoms with Crippen molar-refractivity contribution in [3.05, 3.63) is 101 Å². The maximum atomic E-state index is 13.6. The number of benzene rings is 3. The van der Waals surface area contributed by atoms with Crippen molar-refractivity contribution < 1.29 is 4.79 Å². The lowest BCUT2D eigenvalue weighted by atomic mass is 10.1. The topological polar surface area (TPSA) is 41.4 Å². The van der Waals surface area contributed by atoms with Crippen molar-refractivity contribution in [3.63, 3.8) is 0 Å². The predicted octanol–water partition coefficient (Wildman–Crippen LogP) is 5.46. The van der Waals surface area contributed by atoms with Crippen LogP contribution < -0.4 is 4.90 Å². The van der Waals surface area contributed by atoms with Gasteiger partial charge in [0.1, 0.15) is 5.69 Å². The van der Waals surface area contributed by atoms with Crippen molar-refractivity contribution in [1.82, 2.24) is 14.7 Å². The minimum absolute atomic E-state index is 0.0194. The van der Waals surface area contributed by atoms with Crippen molar-refractivity contribution >= 4 is 23.2 Å². The highest BCUT2D eigenvalue weighted by Crippen LogP contribution is 2.29. The summed E-state index contributed by atoms with van der Waals surface area (Å²) in [6.45, 7) is 5.05. The molecular formula is C27H25ClN4O. The summed E-state index contributed by atoms with van der Waals surface area (Å²) in [5.41, 5.74) is 5.38. The minimum Gasteiger partial charge on any atom is -0.368 e. The molecule has 1 saturated heterocycles. The summed E-state index contributed by atoms with van der Waals surface area (Å²) in [7, 11) is 0. The molecule has 1 aromatic heterocycles. The molecule has 0 spiro atoms.